The van der Waals surface area contributed by atoms with Gasteiger partial charge in [0.2, 0.25) is 5.91 Å². The van der Waals surface area contributed by atoms with E-state index in [4.69, 9.17) is 15.2 Å². The third kappa shape index (κ3) is 2.92. The largest absolute Gasteiger partial charge is 0.493 e. The van der Waals surface area contributed by atoms with Crippen LogP contribution in [0.4, 0.5) is 0 Å². The smallest absolute Gasteiger partial charge is 0.344 e. The average Bonchev–Trinajstić information content (AvgIpc) is 2.61. The fraction of sp³-hybridized carbons (Fsp3) is 0.0526. The van der Waals surface area contributed by atoms with Crippen molar-refractivity contribution in [2.75, 3.05) is 7.11 Å². The summed E-state index contributed by atoms with van der Waals surface area (Å²) < 4.78 is 10.6. The molecule has 0 aromatic heterocycles. The van der Waals surface area contributed by atoms with Crippen LogP contribution >= 0.6 is 0 Å². The molecule has 0 saturated carbocycles. The lowest BCUT2D eigenvalue weighted by Crippen LogP contribution is -2.13. The first-order chi connectivity index (χ1) is 11.6. The van der Waals surface area contributed by atoms with E-state index in [9.17, 15) is 9.59 Å². The van der Waals surface area contributed by atoms with Crippen molar-refractivity contribution in [3.8, 4) is 11.5 Å². The van der Waals surface area contributed by atoms with E-state index in [2.05, 4.69) is 0 Å². The number of carbonyl (C=O) groups is 2. The minimum absolute atomic E-state index is 0.145. The van der Waals surface area contributed by atoms with Gasteiger partial charge in [0, 0.05) is 5.56 Å². The van der Waals surface area contributed by atoms with E-state index >= 15 is 0 Å². The van der Waals surface area contributed by atoms with Gasteiger partial charge in [-0.15, -0.1) is 0 Å². The molecular weight excluding hydrogens is 306 g/mol. The first-order valence-electron chi connectivity index (χ1n) is 7.28. The summed E-state index contributed by atoms with van der Waals surface area (Å²) >= 11 is 0. The second-order valence-corrected chi connectivity index (χ2v) is 5.15. The van der Waals surface area contributed by atoms with Crippen molar-refractivity contribution in [2.24, 2.45) is 5.73 Å². The average molecular weight is 321 g/mol. The Kier molecular flexibility index (Phi) is 4.16. The molecule has 1 amide bonds. The van der Waals surface area contributed by atoms with Crippen LogP contribution in [0.25, 0.3) is 10.8 Å². The van der Waals surface area contributed by atoms with E-state index < -0.39 is 11.9 Å². The van der Waals surface area contributed by atoms with Crippen LogP contribution in [0.5, 0.6) is 11.5 Å². The molecule has 0 saturated heterocycles. The lowest BCUT2D eigenvalue weighted by atomic mass is 10.0. The summed E-state index contributed by atoms with van der Waals surface area (Å²) in [4.78, 5) is 23.9. The molecule has 24 heavy (non-hydrogen) atoms. The molecule has 120 valence electrons. The second kappa shape index (κ2) is 6.42. The normalized spacial score (nSPS) is 10.4. The summed E-state index contributed by atoms with van der Waals surface area (Å²) in [5.74, 6) is -0.660. The highest BCUT2D eigenvalue weighted by atomic mass is 16.6. The molecule has 0 radical (unpaired) electrons. The molecule has 0 heterocycles. The van der Waals surface area contributed by atoms with Crippen molar-refractivity contribution in [1.29, 1.82) is 0 Å². The highest BCUT2D eigenvalue weighted by Crippen LogP contribution is 2.29. The van der Waals surface area contributed by atoms with Crippen LogP contribution in [0.1, 0.15) is 20.7 Å². The number of primary amides is 1. The molecule has 3 rings (SSSR count). The quantitative estimate of drug-likeness (QED) is 0.591. The molecule has 2 N–H and O–H groups in total. The van der Waals surface area contributed by atoms with Gasteiger partial charge in [-0.05, 0) is 35.0 Å². The maximum atomic E-state index is 12.6. The van der Waals surface area contributed by atoms with Gasteiger partial charge in [0.05, 0.1) is 12.7 Å². The third-order valence-electron chi connectivity index (χ3n) is 3.66. The Bertz CT molecular complexity index is 928. The SMILES string of the molecule is COc1ccc(C(N)=O)cc1OC(=O)c1cccc2ccccc12. The molecule has 3 aromatic rings. The van der Waals surface area contributed by atoms with Gasteiger partial charge in [0.15, 0.2) is 11.5 Å². The Morgan fingerprint density at radius 3 is 2.42 bits per heavy atom. The lowest BCUT2D eigenvalue weighted by Gasteiger charge is -2.11. The Labute approximate surface area is 138 Å². The van der Waals surface area contributed by atoms with Gasteiger partial charge in [0.1, 0.15) is 0 Å². The Hall–Kier alpha value is -3.34. The number of carbonyl (C=O) groups excluding carboxylic acids is 2. The van der Waals surface area contributed by atoms with Crippen LogP contribution in [-0.2, 0) is 0 Å². The number of amides is 1. The molecule has 0 aliphatic carbocycles. The van der Waals surface area contributed by atoms with E-state index in [1.165, 1.54) is 25.3 Å². The maximum absolute atomic E-state index is 12.6. The molecule has 5 heteroatoms. The molecule has 0 aliphatic heterocycles. The van der Waals surface area contributed by atoms with Gasteiger partial charge in [-0.3, -0.25) is 4.79 Å². The molecule has 0 aliphatic rings. The topological polar surface area (TPSA) is 78.6 Å². The number of rotatable bonds is 4. The predicted octanol–water partition coefficient (Wildman–Crippen LogP) is 3.17. The molecule has 0 spiro atoms. The lowest BCUT2D eigenvalue weighted by molar-refractivity contribution is 0.0730. The summed E-state index contributed by atoms with van der Waals surface area (Å²) in [6, 6.07) is 17.4. The maximum Gasteiger partial charge on any atom is 0.344 e. The van der Waals surface area contributed by atoms with Crippen molar-refractivity contribution in [1.82, 2.24) is 0 Å². The molecule has 0 fully saturated rings. The number of nitrogens with two attached hydrogens (primary N) is 1. The highest BCUT2D eigenvalue weighted by Gasteiger charge is 2.16. The minimum Gasteiger partial charge on any atom is -0.493 e. The highest BCUT2D eigenvalue weighted by molar-refractivity contribution is 6.05. The van der Waals surface area contributed by atoms with Crippen LogP contribution in [0.15, 0.2) is 60.7 Å². The van der Waals surface area contributed by atoms with E-state index in [-0.39, 0.29) is 11.3 Å². The van der Waals surface area contributed by atoms with E-state index in [0.29, 0.717) is 11.3 Å². The molecular formula is C19H15NO4. The second-order valence-electron chi connectivity index (χ2n) is 5.15. The minimum atomic E-state index is -0.611. The van der Waals surface area contributed by atoms with Gasteiger partial charge in [-0.1, -0.05) is 36.4 Å². The van der Waals surface area contributed by atoms with Crippen molar-refractivity contribution in [3.05, 3.63) is 71.8 Å². The zero-order chi connectivity index (χ0) is 17.1. The van der Waals surface area contributed by atoms with Gasteiger partial charge < -0.3 is 15.2 Å². The summed E-state index contributed by atoms with van der Waals surface area (Å²) in [5.41, 5.74) is 5.93. The fourth-order valence-electron chi connectivity index (χ4n) is 2.47. The number of hydrogen-bond donors (Lipinski definition) is 1. The molecule has 0 bridgehead atoms. The molecule has 5 nitrogen and oxygen atoms in total. The fourth-order valence-corrected chi connectivity index (χ4v) is 2.47. The van der Waals surface area contributed by atoms with Crippen LogP contribution in [0, 0.1) is 0 Å². The van der Waals surface area contributed by atoms with Crippen LogP contribution in [0.2, 0.25) is 0 Å². The number of ether oxygens (including phenoxy) is 2. The first kappa shape index (κ1) is 15.6. The van der Waals surface area contributed by atoms with Gasteiger partial charge >= 0.3 is 5.97 Å². The van der Waals surface area contributed by atoms with Crippen LogP contribution < -0.4 is 15.2 Å². The summed E-state index contributed by atoms with van der Waals surface area (Å²) in [7, 11) is 1.45. The van der Waals surface area contributed by atoms with Crippen molar-refractivity contribution in [2.45, 2.75) is 0 Å². The van der Waals surface area contributed by atoms with E-state index in [1.807, 2.05) is 30.3 Å². The third-order valence-corrected chi connectivity index (χ3v) is 3.66. The first-order valence-corrected chi connectivity index (χ1v) is 7.28. The summed E-state index contributed by atoms with van der Waals surface area (Å²) in [5, 5.41) is 1.72. The van der Waals surface area contributed by atoms with Gasteiger partial charge in [0.25, 0.3) is 0 Å². The van der Waals surface area contributed by atoms with Crippen LogP contribution in [-0.4, -0.2) is 19.0 Å². The standard InChI is InChI=1S/C19H15NO4/c1-23-16-10-9-13(18(20)21)11-17(16)24-19(22)15-8-4-6-12-5-2-3-7-14(12)15/h2-11H,1H3,(H2,20,21). The Balaban J connectivity index is 2.00. The van der Waals surface area contributed by atoms with E-state index in [0.717, 1.165) is 10.8 Å². The summed E-state index contributed by atoms with van der Waals surface area (Å²) in [6.07, 6.45) is 0. The van der Waals surface area contributed by atoms with Gasteiger partial charge in [-0.2, -0.15) is 0 Å². The number of esters is 1. The molecule has 0 unspecified atom stereocenters. The van der Waals surface area contributed by atoms with Crippen molar-refractivity contribution < 1.29 is 19.1 Å². The zero-order valence-electron chi connectivity index (χ0n) is 13.0. The molecule has 3 aromatic carbocycles. The van der Waals surface area contributed by atoms with Crippen molar-refractivity contribution in [3.63, 3.8) is 0 Å². The van der Waals surface area contributed by atoms with Crippen LogP contribution in [0.3, 0.4) is 0 Å². The Morgan fingerprint density at radius 1 is 0.917 bits per heavy atom. The van der Waals surface area contributed by atoms with E-state index in [1.54, 1.807) is 12.1 Å². The predicted molar refractivity (Wildman–Crippen MR) is 90.4 cm³/mol. The van der Waals surface area contributed by atoms with Crippen molar-refractivity contribution >= 4 is 22.6 Å². The zero-order valence-corrected chi connectivity index (χ0v) is 13.0. The number of benzene rings is 3. The monoisotopic (exact) mass is 321 g/mol. The number of hydrogen-bond acceptors (Lipinski definition) is 4. The summed E-state index contributed by atoms with van der Waals surface area (Å²) in [6.45, 7) is 0. The Morgan fingerprint density at radius 2 is 1.67 bits per heavy atom. The number of fused-ring (bicyclic) bond motifs is 1. The molecule has 0 atom stereocenters. The van der Waals surface area contributed by atoms with Gasteiger partial charge in [-0.25, -0.2) is 4.79 Å². The number of methoxy groups -OCH3 is 1.